The standard InChI is InChI=1S/C12H14FNO4S/c1-18-12(17)10(15)6-14-11(16)7-19-9-4-2-8(13)3-5-9/h2-5,10,15H,6-7H2,1H3,(H,14,16). The molecule has 19 heavy (non-hydrogen) atoms. The minimum Gasteiger partial charge on any atom is -0.467 e. The molecule has 0 saturated carbocycles. The van der Waals surface area contributed by atoms with E-state index >= 15 is 0 Å². The van der Waals surface area contributed by atoms with Crippen molar-refractivity contribution >= 4 is 23.6 Å². The topological polar surface area (TPSA) is 75.6 Å². The van der Waals surface area contributed by atoms with Crippen molar-refractivity contribution in [2.24, 2.45) is 0 Å². The molecule has 1 rings (SSSR count). The summed E-state index contributed by atoms with van der Waals surface area (Å²) >= 11 is 1.23. The maximum Gasteiger partial charge on any atom is 0.336 e. The number of ether oxygens (including phenoxy) is 1. The largest absolute Gasteiger partial charge is 0.467 e. The molecule has 0 bridgehead atoms. The number of benzene rings is 1. The molecule has 5 nitrogen and oxygen atoms in total. The summed E-state index contributed by atoms with van der Waals surface area (Å²) < 4.78 is 16.9. The molecule has 0 aliphatic rings. The summed E-state index contributed by atoms with van der Waals surface area (Å²) in [6, 6.07) is 5.75. The van der Waals surface area contributed by atoms with E-state index < -0.39 is 12.1 Å². The van der Waals surface area contributed by atoms with Gasteiger partial charge in [0.1, 0.15) is 5.82 Å². The second-order valence-corrected chi connectivity index (χ2v) is 4.63. The van der Waals surface area contributed by atoms with Crippen LogP contribution in [-0.4, -0.2) is 42.5 Å². The van der Waals surface area contributed by atoms with Crippen LogP contribution in [-0.2, 0) is 14.3 Å². The van der Waals surface area contributed by atoms with Gasteiger partial charge in [0.2, 0.25) is 5.91 Å². The number of carbonyl (C=O) groups excluding carboxylic acids is 2. The SMILES string of the molecule is COC(=O)C(O)CNC(=O)CSc1ccc(F)cc1. The first-order valence-electron chi connectivity index (χ1n) is 5.44. The Kier molecular flexibility index (Phi) is 6.31. The highest BCUT2D eigenvalue weighted by atomic mass is 32.2. The third-order valence-corrected chi connectivity index (χ3v) is 3.16. The lowest BCUT2D eigenvalue weighted by Crippen LogP contribution is -2.37. The quantitative estimate of drug-likeness (QED) is 0.591. The van der Waals surface area contributed by atoms with Gasteiger partial charge in [-0.05, 0) is 24.3 Å². The number of amides is 1. The van der Waals surface area contributed by atoms with E-state index in [4.69, 9.17) is 0 Å². The van der Waals surface area contributed by atoms with Crippen LogP contribution in [0, 0.1) is 5.82 Å². The van der Waals surface area contributed by atoms with E-state index in [9.17, 15) is 19.1 Å². The first-order valence-corrected chi connectivity index (χ1v) is 6.42. The molecule has 104 valence electrons. The van der Waals surface area contributed by atoms with Crippen molar-refractivity contribution in [1.29, 1.82) is 0 Å². The van der Waals surface area contributed by atoms with Crippen molar-refractivity contribution in [3.05, 3.63) is 30.1 Å². The summed E-state index contributed by atoms with van der Waals surface area (Å²) in [4.78, 5) is 23.1. The minimum atomic E-state index is -1.37. The maximum absolute atomic E-state index is 12.6. The number of esters is 1. The van der Waals surface area contributed by atoms with Gasteiger partial charge < -0.3 is 15.2 Å². The minimum absolute atomic E-state index is 0.111. The zero-order valence-corrected chi connectivity index (χ0v) is 11.1. The van der Waals surface area contributed by atoms with Gasteiger partial charge in [-0.2, -0.15) is 0 Å². The van der Waals surface area contributed by atoms with Gasteiger partial charge in [0.15, 0.2) is 6.10 Å². The van der Waals surface area contributed by atoms with E-state index in [2.05, 4.69) is 10.1 Å². The third-order valence-electron chi connectivity index (χ3n) is 2.15. The first kappa shape index (κ1) is 15.5. The predicted molar refractivity (Wildman–Crippen MR) is 68.2 cm³/mol. The zero-order chi connectivity index (χ0) is 14.3. The Bertz CT molecular complexity index is 438. The molecule has 0 fully saturated rings. The lowest BCUT2D eigenvalue weighted by Gasteiger charge is -2.09. The molecule has 2 N–H and O–H groups in total. The lowest BCUT2D eigenvalue weighted by atomic mass is 10.3. The fourth-order valence-corrected chi connectivity index (χ4v) is 1.89. The van der Waals surface area contributed by atoms with Gasteiger partial charge in [-0.3, -0.25) is 4.79 Å². The molecule has 1 aromatic rings. The Morgan fingerprint density at radius 3 is 2.63 bits per heavy atom. The molecule has 0 aromatic heterocycles. The highest BCUT2D eigenvalue weighted by Crippen LogP contribution is 2.17. The van der Waals surface area contributed by atoms with Crippen molar-refractivity contribution in [2.45, 2.75) is 11.0 Å². The smallest absolute Gasteiger partial charge is 0.336 e. The Hall–Kier alpha value is -1.60. The normalized spacial score (nSPS) is 11.7. The van der Waals surface area contributed by atoms with Gasteiger partial charge in [0.25, 0.3) is 0 Å². The molecule has 0 saturated heterocycles. The number of rotatable bonds is 6. The van der Waals surface area contributed by atoms with Crippen LogP contribution in [0.25, 0.3) is 0 Å². The number of nitrogens with one attached hydrogen (secondary N) is 1. The maximum atomic E-state index is 12.6. The van der Waals surface area contributed by atoms with E-state index in [1.54, 1.807) is 12.1 Å². The number of hydrogen-bond donors (Lipinski definition) is 2. The number of aliphatic hydroxyl groups excluding tert-OH is 1. The Morgan fingerprint density at radius 1 is 1.42 bits per heavy atom. The van der Waals surface area contributed by atoms with Crippen LogP contribution < -0.4 is 5.32 Å². The molecule has 1 unspecified atom stereocenters. The third kappa shape index (κ3) is 5.71. The van der Waals surface area contributed by atoms with Crippen LogP contribution in [0.2, 0.25) is 0 Å². The van der Waals surface area contributed by atoms with Gasteiger partial charge in [-0.1, -0.05) is 0 Å². The lowest BCUT2D eigenvalue weighted by molar-refractivity contribution is -0.150. The van der Waals surface area contributed by atoms with Gasteiger partial charge in [0, 0.05) is 4.90 Å². The number of hydrogen-bond acceptors (Lipinski definition) is 5. The van der Waals surface area contributed by atoms with Gasteiger partial charge in [0.05, 0.1) is 19.4 Å². The fourth-order valence-electron chi connectivity index (χ4n) is 1.16. The number of halogens is 1. The molecule has 1 amide bonds. The molecule has 1 aromatic carbocycles. The average Bonchev–Trinajstić information content (AvgIpc) is 2.43. The number of methoxy groups -OCH3 is 1. The fraction of sp³-hybridized carbons (Fsp3) is 0.333. The van der Waals surface area contributed by atoms with E-state index in [1.807, 2.05) is 0 Å². The summed E-state index contributed by atoms with van der Waals surface area (Å²) in [5.41, 5.74) is 0. The molecule has 0 spiro atoms. The van der Waals surface area contributed by atoms with Crippen molar-refractivity contribution in [3.63, 3.8) is 0 Å². The number of carbonyl (C=O) groups is 2. The van der Waals surface area contributed by atoms with Crippen LogP contribution in [0.5, 0.6) is 0 Å². The Morgan fingerprint density at radius 2 is 2.05 bits per heavy atom. The highest BCUT2D eigenvalue weighted by Gasteiger charge is 2.15. The monoisotopic (exact) mass is 287 g/mol. The Balaban J connectivity index is 2.28. The van der Waals surface area contributed by atoms with E-state index in [1.165, 1.54) is 23.9 Å². The van der Waals surface area contributed by atoms with Crippen molar-refractivity contribution in [1.82, 2.24) is 5.32 Å². The number of aliphatic hydroxyl groups is 1. The average molecular weight is 287 g/mol. The summed E-state index contributed by atoms with van der Waals surface area (Å²) in [5.74, 6) is -1.36. The second kappa shape index (κ2) is 7.75. The van der Waals surface area contributed by atoms with Crippen LogP contribution in [0.4, 0.5) is 4.39 Å². The van der Waals surface area contributed by atoms with E-state index in [0.29, 0.717) is 0 Å². The molecular weight excluding hydrogens is 273 g/mol. The molecule has 0 aliphatic heterocycles. The van der Waals surface area contributed by atoms with Crippen LogP contribution in [0.1, 0.15) is 0 Å². The molecule has 7 heteroatoms. The van der Waals surface area contributed by atoms with Crippen molar-refractivity contribution < 1.29 is 23.8 Å². The van der Waals surface area contributed by atoms with Crippen LogP contribution in [0.15, 0.2) is 29.2 Å². The van der Waals surface area contributed by atoms with E-state index in [0.717, 1.165) is 12.0 Å². The van der Waals surface area contributed by atoms with Gasteiger partial charge in [-0.15, -0.1) is 11.8 Å². The Labute approximate surface area is 114 Å². The van der Waals surface area contributed by atoms with Crippen molar-refractivity contribution in [2.75, 3.05) is 19.4 Å². The molecule has 0 radical (unpaired) electrons. The number of thioether (sulfide) groups is 1. The summed E-state index contributed by atoms with van der Waals surface area (Å²) in [7, 11) is 1.15. The predicted octanol–water partition coefficient (Wildman–Crippen LogP) is 0.568. The van der Waals surface area contributed by atoms with Crippen LogP contribution >= 0.6 is 11.8 Å². The second-order valence-electron chi connectivity index (χ2n) is 3.59. The van der Waals surface area contributed by atoms with Gasteiger partial charge >= 0.3 is 5.97 Å². The molecular formula is C12H14FNO4S. The zero-order valence-electron chi connectivity index (χ0n) is 10.3. The van der Waals surface area contributed by atoms with Crippen LogP contribution in [0.3, 0.4) is 0 Å². The summed E-state index contributed by atoms with van der Waals surface area (Å²) in [6.07, 6.45) is -1.37. The van der Waals surface area contributed by atoms with E-state index in [-0.39, 0.29) is 24.0 Å². The van der Waals surface area contributed by atoms with Crippen molar-refractivity contribution in [3.8, 4) is 0 Å². The molecule has 0 heterocycles. The molecule has 1 atom stereocenters. The summed E-state index contributed by atoms with van der Waals surface area (Å²) in [6.45, 7) is -0.199. The molecule has 0 aliphatic carbocycles. The first-order chi connectivity index (χ1) is 9.02. The van der Waals surface area contributed by atoms with Gasteiger partial charge in [-0.25, -0.2) is 9.18 Å². The summed E-state index contributed by atoms with van der Waals surface area (Å²) in [5, 5.41) is 11.6. The highest BCUT2D eigenvalue weighted by molar-refractivity contribution is 8.00.